The summed E-state index contributed by atoms with van der Waals surface area (Å²) in [7, 11) is -3.93. The van der Waals surface area contributed by atoms with Gasteiger partial charge in [0, 0.05) is 19.0 Å². The first-order valence-electron chi connectivity index (χ1n) is 13.1. The zero-order chi connectivity index (χ0) is 27.6. The Balaban J connectivity index is 1.27. The molecule has 0 radical (unpaired) electrons. The highest BCUT2D eigenvalue weighted by molar-refractivity contribution is 7.52. The van der Waals surface area contributed by atoms with Crippen LogP contribution in [0.3, 0.4) is 0 Å². The predicted molar refractivity (Wildman–Crippen MR) is 147 cm³/mol. The van der Waals surface area contributed by atoms with E-state index in [9.17, 15) is 9.36 Å². The van der Waals surface area contributed by atoms with Gasteiger partial charge in [0.15, 0.2) is 17.0 Å². The van der Waals surface area contributed by atoms with E-state index in [1.807, 2.05) is 16.7 Å². The SMILES string of the molecule is CC(C)OC(=O)[C@H](C)N[P@@](=O)(OC[C@@H]1C=C[C@H](n2cnc3c(N4CCC4)nc(N)nc32)C1)Oc1ccccc1. The van der Waals surface area contributed by atoms with Crippen molar-refractivity contribution >= 4 is 36.6 Å². The number of carbonyl (C=O) groups excluding carboxylic acids is 1. The number of nitrogens with one attached hydrogen (secondary N) is 1. The third-order valence-corrected chi connectivity index (χ3v) is 8.21. The lowest BCUT2D eigenvalue weighted by atomic mass is 10.1. The molecule has 39 heavy (non-hydrogen) atoms. The Morgan fingerprint density at radius 2 is 1.95 bits per heavy atom. The number of nitrogens with two attached hydrogens (primary N) is 1. The summed E-state index contributed by atoms with van der Waals surface area (Å²) in [6.07, 6.45) is 7.30. The van der Waals surface area contributed by atoms with Gasteiger partial charge < -0.3 is 24.5 Å². The molecule has 0 unspecified atom stereocenters. The highest BCUT2D eigenvalue weighted by Crippen LogP contribution is 2.46. The highest BCUT2D eigenvalue weighted by Gasteiger charge is 2.34. The lowest BCUT2D eigenvalue weighted by Crippen LogP contribution is -2.38. The van der Waals surface area contributed by atoms with Crippen LogP contribution in [-0.4, -0.2) is 57.3 Å². The van der Waals surface area contributed by atoms with Crippen LogP contribution in [0.4, 0.5) is 11.8 Å². The van der Waals surface area contributed by atoms with E-state index in [1.165, 1.54) is 0 Å². The number of nitrogen functional groups attached to an aromatic ring is 1. The number of hydrogen-bond donors (Lipinski definition) is 2. The van der Waals surface area contributed by atoms with E-state index >= 15 is 0 Å². The molecule has 0 amide bonds. The Kier molecular flexibility index (Phi) is 7.88. The van der Waals surface area contributed by atoms with Crippen molar-refractivity contribution in [2.75, 3.05) is 30.3 Å². The first-order chi connectivity index (χ1) is 18.7. The van der Waals surface area contributed by atoms with Gasteiger partial charge in [-0.3, -0.25) is 9.32 Å². The molecule has 2 aliphatic rings. The number of nitrogens with zero attached hydrogens (tertiary/aromatic N) is 5. The molecule has 3 heterocycles. The molecule has 3 aromatic rings. The van der Waals surface area contributed by atoms with E-state index in [-0.39, 0.29) is 30.6 Å². The summed E-state index contributed by atoms with van der Waals surface area (Å²) in [6.45, 7) is 7.02. The standard InChI is InChI=1S/C26H34N7O5P/c1-17(2)37-25(34)18(3)31-39(35,38-21-8-5-4-6-9-21)36-15-19-10-11-20(14-19)33-16-28-22-23(32-12-7-13-32)29-26(27)30-24(22)33/h4-6,8-11,16-20H,7,12-15H2,1-3H3,(H,31,35)(H2,27,29,30)/t18-,19+,20-,39+/m0/s1. The number of anilines is 2. The second kappa shape index (κ2) is 11.3. The fourth-order valence-electron chi connectivity index (χ4n) is 4.52. The molecule has 2 aromatic heterocycles. The summed E-state index contributed by atoms with van der Waals surface area (Å²) in [5.41, 5.74) is 7.43. The number of benzene rings is 1. The quantitative estimate of drug-likeness (QED) is 0.202. The molecule has 0 saturated carbocycles. The lowest BCUT2D eigenvalue weighted by Gasteiger charge is -2.32. The molecule has 12 nitrogen and oxygen atoms in total. The van der Waals surface area contributed by atoms with Gasteiger partial charge in [-0.05, 0) is 45.7 Å². The smallest absolute Gasteiger partial charge is 0.459 e. The molecule has 0 spiro atoms. The number of hydrogen-bond acceptors (Lipinski definition) is 10. The highest BCUT2D eigenvalue weighted by atomic mass is 31.2. The molecule has 4 atom stereocenters. The van der Waals surface area contributed by atoms with E-state index in [0.717, 1.165) is 30.8 Å². The molecule has 1 aliphatic carbocycles. The normalized spacial score (nSPS) is 21.1. The molecule has 1 fully saturated rings. The zero-order valence-corrected chi connectivity index (χ0v) is 23.2. The van der Waals surface area contributed by atoms with Crippen molar-refractivity contribution in [3.05, 3.63) is 48.8 Å². The first kappa shape index (κ1) is 27.1. The van der Waals surface area contributed by atoms with Gasteiger partial charge in [-0.25, -0.2) is 9.55 Å². The summed E-state index contributed by atoms with van der Waals surface area (Å²) in [4.78, 5) is 28.0. The van der Waals surface area contributed by atoms with Gasteiger partial charge in [-0.1, -0.05) is 30.4 Å². The number of fused-ring (bicyclic) bond motifs is 1. The van der Waals surface area contributed by atoms with Gasteiger partial charge in [0.1, 0.15) is 11.8 Å². The van der Waals surface area contributed by atoms with Gasteiger partial charge in [-0.15, -0.1) is 0 Å². The van der Waals surface area contributed by atoms with Gasteiger partial charge in [0.25, 0.3) is 0 Å². The van der Waals surface area contributed by atoms with Crippen molar-refractivity contribution in [3.8, 4) is 5.75 Å². The average Bonchev–Trinajstić information content (AvgIpc) is 3.49. The largest absolute Gasteiger partial charge is 0.462 e. The second-order valence-corrected chi connectivity index (χ2v) is 11.7. The fraction of sp³-hybridized carbons (Fsp3) is 0.462. The van der Waals surface area contributed by atoms with Crippen LogP contribution in [0.5, 0.6) is 5.75 Å². The Morgan fingerprint density at radius 1 is 1.18 bits per heavy atom. The van der Waals surface area contributed by atoms with E-state index in [4.69, 9.17) is 19.5 Å². The van der Waals surface area contributed by atoms with Crippen molar-refractivity contribution < 1.29 is 23.1 Å². The fourth-order valence-corrected chi connectivity index (χ4v) is 6.07. The summed E-state index contributed by atoms with van der Waals surface area (Å²) in [5, 5.41) is 2.73. The monoisotopic (exact) mass is 555 g/mol. The Bertz CT molecular complexity index is 1390. The number of aromatic nitrogens is 4. The number of esters is 1. The molecule has 0 bridgehead atoms. The zero-order valence-electron chi connectivity index (χ0n) is 22.3. The van der Waals surface area contributed by atoms with Crippen LogP contribution >= 0.6 is 7.75 Å². The third-order valence-electron chi connectivity index (χ3n) is 6.57. The minimum absolute atomic E-state index is 0.0375. The van der Waals surface area contributed by atoms with E-state index in [1.54, 1.807) is 51.4 Å². The molecule has 1 aromatic carbocycles. The number of para-hydroxylation sites is 1. The summed E-state index contributed by atoms with van der Waals surface area (Å²) in [6, 6.07) is 7.75. The minimum Gasteiger partial charge on any atom is -0.462 e. The van der Waals surface area contributed by atoms with Gasteiger partial charge in [0.2, 0.25) is 5.95 Å². The topological polar surface area (TPSA) is 147 Å². The van der Waals surface area contributed by atoms with Crippen molar-refractivity contribution in [1.82, 2.24) is 24.6 Å². The van der Waals surface area contributed by atoms with Crippen molar-refractivity contribution in [2.24, 2.45) is 5.92 Å². The minimum atomic E-state index is -3.93. The van der Waals surface area contributed by atoms with Crippen LogP contribution in [0.1, 0.15) is 39.7 Å². The molecular formula is C26H34N7O5P. The number of allylic oxidation sites excluding steroid dienone is 1. The maximum atomic E-state index is 13.8. The molecular weight excluding hydrogens is 521 g/mol. The van der Waals surface area contributed by atoms with Crippen molar-refractivity contribution in [1.29, 1.82) is 0 Å². The van der Waals surface area contributed by atoms with Gasteiger partial charge in [0.05, 0.1) is 25.1 Å². The molecule has 5 rings (SSSR count). The maximum absolute atomic E-state index is 13.8. The molecule has 3 N–H and O–H groups in total. The van der Waals surface area contributed by atoms with E-state index < -0.39 is 19.8 Å². The van der Waals surface area contributed by atoms with Crippen molar-refractivity contribution in [3.63, 3.8) is 0 Å². The number of imidazole rings is 1. The number of rotatable bonds is 11. The van der Waals surface area contributed by atoms with Crippen LogP contribution in [0, 0.1) is 5.92 Å². The molecule has 1 aliphatic heterocycles. The summed E-state index contributed by atoms with van der Waals surface area (Å²) < 4.78 is 32.6. The van der Waals surface area contributed by atoms with Crippen LogP contribution in [0.15, 0.2) is 48.8 Å². The average molecular weight is 556 g/mol. The van der Waals surface area contributed by atoms with Crippen LogP contribution in [0.2, 0.25) is 0 Å². The third kappa shape index (κ3) is 6.24. The first-order valence-corrected chi connectivity index (χ1v) is 14.7. The van der Waals surface area contributed by atoms with E-state index in [2.05, 4.69) is 31.0 Å². The second-order valence-electron chi connectivity index (χ2n) is 10.1. The number of ether oxygens (including phenoxy) is 1. The molecule has 208 valence electrons. The van der Waals surface area contributed by atoms with Crippen LogP contribution in [-0.2, 0) is 18.6 Å². The predicted octanol–water partition coefficient (Wildman–Crippen LogP) is 3.87. The van der Waals surface area contributed by atoms with Crippen LogP contribution in [0.25, 0.3) is 11.2 Å². The lowest BCUT2D eigenvalue weighted by molar-refractivity contribution is -0.149. The van der Waals surface area contributed by atoms with Crippen LogP contribution < -0.4 is 20.2 Å². The summed E-state index contributed by atoms with van der Waals surface area (Å²) >= 11 is 0. The molecule has 13 heteroatoms. The van der Waals surface area contributed by atoms with Gasteiger partial charge in [-0.2, -0.15) is 15.1 Å². The van der Waals surface area contributed by atoms with Gasteiger partial charge >= 0.3 is 13.7 Å². The number of carbonyl (C=O) groups is 1. The maximum Gasteiger partial charge on any atom is 0.459 e. The van der Waals surface area contributed by atoms with E-state index in [0.29, 0.717) is 17.8 Å². The Hall–Kier alpha value is -3.47. The Morgan fingerprint density at radius 3 is 2.64 bits per heavy atom. The van der Waals surface area contributed by atoms with Crippen molar-refractivity contribution in [2.45, 2.75) is 51.8 Å². The summed E-state index contributed by atoms with van der Waals surface area (Å²) in [5.74, 6) is 0.728. The Labute approximate surface area is 227 Å². The molecule has 1 saturated heterocycles.